The van der Waals surface area contributed by atoms with E-state index in [1.165, 1.54) is 0 Å². The van der Waals surface area contributed by atoms with Crippen LogP contribution in [0.15, 0.2) is 60.7 Å². The maximum absolute atomic E-state index is 14.1. The summed E-state index contributed by atoms with van der Waals surface area (Å²) in [6.07, 6.45) is -2.59. The fraction of sp³-hybridized carbons (Fsp3) is 0.500. The first-order valence-electron chi connectivity index (χ1n) is 22.5. The van der Waals surface area contributed by atoms with E-state index in [1.807, 2.05) is 0 Å². The van der Waals surface area contributed by atoms with Crippen molar-refractivity contribution in [1.82, 2.24) is 37.2 Å². The van der Waals surface area contributed by atoms with Crippen molar-refractivity contribution in [1.29, 1.82) is 0 Å². The van der Waals surface area contributed by atoms with Crippen molar-refractivity contribution in [3.8, 4) is 0 Å². The summed E-state index contributed by atoms with van der Waals surface area (Å²) in [5, 5.41) is 55.0. The molecule has 24 nitrogen and oxygen atoms in total. The number of benzene rings is 2. The highest BCUT2D eigenvalue weighted by Crippen LogP contribution is 2.13. The third-order valence-electron chi connectivity index (χ3n) is 11.0. The van der Waals surface area contributed by atoms with E-state index in [1.54, 1.807) is 88.4 Å². The van der Waals surface area contributed by atoms with Gasteiger partial charge in [0.15, 0.2) is 0 Å². The van der Waals surface area contributed by atoms with Crippen LogP contribution in [-0.4, -0.2) is 141 Å². The number of carbonyl (C=O) groups excluding carboxylic acids is 8. The molecule has 0 heterocycles. The fourth-order valence-electron chi connectivity index (χ4n) is 6.75. The number of hydrogen-bond acceptors (Lipinski definition) is 13. The summed E-state index contributed by atoms with van der Waals surface area (Å²) in [7, 11) is 0. The number of nitrogens with one attached hydrogen (secondary N) is 7. The summed E-state index contributed by atoms with van der Waals surface area (Å²) in [5.74, 6) is -13.2. The number of aliphatic hydroxyl groups is 1. The molecule has 0 aliphatic heterocycles. The Balaban J connectivity index is 2.42. The minimum absolute atomic E-state index is 0.188. The van der Waals surface area contributed by atoms with Crippen LogP contribution in [0.5, 0.6) is 0 Å². The van der Waals surface area contributed by atoms with Crippen LogP contribution >= 0.6 is 0 Å². The standard InChI is InChI=1S/C46H65N9O15/c1-5-25(4)38(55-39(62)28(47)16-18-35(58)59)45(68)52-32(22-34(48)57)41(64)50-30(20-26-12-8-6-9-13-26)40(63)53-33(23-56)43(66)51-31(21-27-14-10-7-11-15-27)42(65)54-37(24(2)3)44(67)49-29(46(69)70)17-19-36(60)61/h6-15,24-25,28-33,37-38,56H,5,16-23,47H2,1-4H3,(H2,48,57)(H,49,67)(H,50,64)(H,51,66)(H,52,68)(H,53,63)(H,54,65)(H,55,62)(H,58,59)(H,60,61)(H,69,70)/t25-,28-,29-,30-,31-,32-,33-,37-,38-/m0/s1. The Hall–Kier alpha value is -7.47. The van der Waals surface area contributed by atoms with Crippen molar-refractivity contribution in [2.45, 2.75) is 127 Å². The first kappa shape index (κ1) is 58.7. The molecule has 0 saturated carbocycles. The molecule has 15 N–H and O–H groups in total. The Kier molecular flexibility index (Phi) is 24.7. The van der Waals surface area contributed by atoms with E-state index in [2.05, 4.69) is 37.2 Å². The van der Waals surface area contributed by atoms with Gasteiger partial charge in [0.25, 0.3) is 0 Å². The van der Waals surface area contributed by atoms with Crippen molar-refractivity contribution >= 4 is 65.2 Å². The number of carboxylic acids is 3. The number of rotatable bonds is 31. The van der Waals surface area contributed by atoms with Gasteiger partial charge in [-0.15, -0.1) is 0 Å². The molecule has 384 valence electrons. The van der Waals surface area contributed by atoms with Crippen LogP contribution in [0.4, 0.5) is 0 Å². The molecule has 0 spiro atoms. The Morgan fingerprint density at radius 3 is 1.36 bits per heavy atom. The van der Waals surface area contributed by atoms with Gasteiger partial charge < -0.3 is 69.1 Å². The lowest BCUT2D eigenvalue weighted by molar-refractivity contribution is -0.144. The molecule has 9 atom stereocenters. The van der Waals surface area contributed by atoms with Crippen LogP contribution in [0.2, 0.25) is 0 Å². The van der Waals surface area contributed by atoms with Crippen molar-refractivity contribution in [2.75, 3.05) is 6.61 Å². The van der Waals surface area contributed by atoms with E-state index in [0.29, 0.717) is 17.5 Å². The molecule has 24 heteroatoms. The fourth-order valence-corrected chi connectivity index (χ4v) is 6.75. The molecule has 8 amide bonds. The molecular formula is C46H65N9O15. The zero-order valence-electron chi connectivity index (χ0n) is 39.3. The van der Waals surface area contributed by atoms with E-state index >= 15 is 0 Å². The second-order valence-corrected chi connectivity index (χ2v) is 16.9. The topological polar surface area (TPSA) is 405 Å². The van der Waals surface area contributed by atoms with Gasteiger partial charge in [0.2, 0.25) is 47.3 Å². The number of aliphatic hydroxyl groups excluding tert-OH is 1. The van der Waals surface area contributed by atoms with Crippen molar-refractivity contribution in [2.24, 2.45) is 23.3 Å². The van der Waals surface area contributed by atoms with Gasteiger partial charge in [-0.25, -0.2) is 4.79 Å². The van der Waals surface area contributed by atoms with Crippen molar-refractivity contribution in [3.63, 3.8) is 0 Å². The predicted molar refractivity (Wildman–Crippen MR) is 248 cm³/mol. The lowest BCUT2D eigenvalue weighted by atomic mass is 9.97. The smallest absolute Gasteiger partial charge is 0.326 e. The number of nitrogens with two attached hydrogens (primary N) is 2. The highest BCUT2D eigenvalue weighted by Gasteiger charge is 2.36. The Morgan fingerprint density at radius 1 is 0.514 bits per heavy atom. The monoisotopic (exact) mass is 983 g/mol. The molecule has 0 unspecified atom stereocenters. The third kappa shape index (κ3) is 20.4. The zero-order valence-corrected chi connectivity index (χ0v) is 39.3. The third-order valence-corrected chi connectivity index (χ3v) is 11.0. The molecule has 70 heavy (non-hydrogen) atoms. The summed E-state index contributed by atoms with van der Waals surface area (Å²) in [6.45, 7) is 5.36. The molecule has 0 aliphatic rings. The maximum atomic E-state index is 14.1. The quantitative estimate of drug-likeness (QED) is 0.0374. The number of primary amides is 1. The number of carbonyl (C=O) groups is 11. The van der Waals surface area contributed by atoms with Gasteiger partial charge in [-0.1, -0.05) is 94.8 Å². The van der Waals surface area contributed by atoms with Gasteiger partial charge in [0.05, 0.1) is 19.1 Å². The molecular weight excluding hydrogens is 919 g/mol. The Morgan fingerprint density at radius 2 is 0.914 bits per heavy atom. The first-order valence-corrected chi connectivity index (χ1v) is 22.5. The zero-order chi connectivity index (χ0) is 52.7. The summed E-state index contributed by atoms with van der Waals surface area (Å²) >= 11 is 0. The molecule has 0 saturated heterocycles. The number of hydrogen-bond donors (Lipinski definition) is 13. The molecule has 0 fully saturated rings. The van der Waals surface area contributed by atoms with E-state index < -0.39 is 158 Å². The average Bonchev–Trinajstić information content (AvgIpc) is 3.30. The predicted octanol–water partition coefficient (Wildman–Crippen LogP) is -2.42. The van der Waals surface area contributed by atoms with Gasteiger partial charge in [-0.2, -0.15) is 0 Å². The van der Waals surface area contributed by atoms with Crippen LogP contribution in [0.1, 0.15) is 77.3 Å². The lowest BCUT2D eigenvalue weighted by Crippen LogP contribution is -2.62. The minimum atomic E-state index is -1.79. The molecule has 0 radical (unpaired) electrons. The van der Waals surface area contributed by atoms with E-state index in [-0.39, 0.29) is 19.3 Å². The summed E-state index contributed by atoms with van der Waals surface area (Å²) in [4.78, 5) is 142. The summed E-state index contributed by atoms with van der Waals surface area (Å²) in [5.41, 5.74) is 12.3. The van der Waals surface area contributed by atoms with Gasteiger partial charge in [0.1, 0.15) is 42.3 Å². The number of carboxylic acid groups (broad SMARTS) is 3. The normalized spacial score (nSPS) is 14.8. The second kappa shape index (κ2) is 29.4. The Bertz CT molecular complexity index is 2140. The van der Waals surface area contributed by atoms with Gasteiger partial charge >= 0.3 is 17.9 Å². The number of aliphatic carboxylic acids is 3. The lowest BCUT2D eigenvalue weighted by Gasteiger charge is -2.29. The molecule has 0 bridgehead atoms. The Labute approximate surface area is 403 Å². The first-order chi connectivity index (χ1) is 33.0. The molecule has 0 aliphatic carbocycles. The second-order valence-electron chi connectivity index (χ2n) is 16.9. The van der Waals surface area contributed by atoms with E-state index in [0.717, 1.165) is 0 Å². The van der Waals surface area contributed by atoms with Gasteiger partial charge in [-0.3, -0.25) is 47.9 Å². The van der Waals surface area contributed by atoms with Crippen LogP contribution in [0.25, 0.3) is 0 Å². The van der Waals surface area contributed by atoms with Crippen LogP contribution in [0, 0.1) is 11.8 Å². The highest BCUT2D eigenvalue weighted by molar-refractivity contribution is 5.99. The highest BCUT2D eigenvalue weighted by atomic mass is 16.4. The molecule has 2 aromatic rings. The molecule has 2 rings (SSSR count). The van der Waals surface area contributed by atoms with Gasteiger partial charge in [0, 0.05) is 25.7 Å². The molecule has 2 aromatic carbocycles. The summed E-state index contributed by atoms with van der Waals surface area (Å²) < 4.78 is 0. The average molecular weight is 984 g/mol. The van der Waals surface area contributed by atoms with E-state index in [9.17, 15) is 63.0 Å². The van der Waals surface area contributed by atoms with Gasteiger partial charge in [-0.05, 0) is 35.8 Å². The largest absolute Gasteiger partial charge is 0.481 e. The van der Waals surface area contributed by atoms with Crippen LogP contribution in [0.3, 0.4) is 0 Å². The van der Waals surface area contributed by atoms with Crippen molar-refractivity contribution < 1.29 is 73.2 Å². The van der Waals surface area contributed by atoms with Crippen LogP contribution < -0.4 is 48.7 Å². The summed E-state index contributed by atoms with van der Waals surface area (Å²) in [6, 6.07) is 4.26. The van der Waals surface area contributed by atoms with E-state index in [4.69, 9.17) is 21.7 Å². The maximum Gasteiger partial charge on any atom is 0.326 e. The number of amides is 8. The van der Waals surface area contributed by atoms with Crippen molar-refractivity contribution in [3.05, 3.63) is 71.8 Å². The SMILES string of the molecule is CC[C@H](C)[C@H](NC(=O)[C@@H](N)CCC(=O)O)C(=O)N[C@@H](CC(N)=O)C(=O)N[C@@H](Cc1ccccc1)C(=O)N[C@@H](CO)C(=O)N[C@@H](Cc1ccccc1)C(=O)N[C@H](C(=O)N[C@@H](CCC(=O)O)C(=O)O)C(C)C. The minimum Gasteiger partial charge on any atom is -0.481 e. The van der Waals surface area contributed by atoms with Crippen LogP contribution in [-0.2, 0) is 65.6 Å². The molecule has 0 aromatic heterocycles.